The third kappa shape index (κ3) is 2.72. The molecule has 0 fully saturated rings. The standard InChI is InChI=1S/C12H18O4/c1-4-7-12(8-5-2,11(15)16)9(6-3)10(13)14/h4-5,9H,1-2,6-8H2,3H3,(H,13,14)(H,15,16). The second-order valence-corrected chi connectivity index (χ2v) is 3.75. The molecule has 0 aliphatic heterocycles. The second-order valence-electron chi connectivity index (χ2n) is 3.75. The van der Waals surface area contributed by atoms with Crippen LogP contribution in [0.25, 0.3) is 0 Å². The maximum absolute atomic E-state index is 11.3. The minimum absolute atomic E-state index is 0.124. The van der Waals surface area contributed by atoms with Crippen LogP contribution in [-0.4, -0.2) is 22.2 Å². The summed E-state index contributed by atoms with van der Waals surface area (Å²) in [5.74, 6) is -3.13. The van der Waals surface area contributed by atoms with Crippen LogP contribution in [0.1, 0.15) is 26.2 Å². The first-order chi connectivity index (χ1) is 7.46. The minimum Gasteiger partial charge on any atom is -0.481 e. The number of carbonyl (C=O) groups is 2. The fourth-order valence-corrected chi connectivity index (χ4v) is 2.01. The van der Waals surface area contributed by atoms with Gasteiger partial charge in [-0.3, -0.25) is 9.59 Å². The number of hydrogen-bond acceptors (Lipinski definition) is 2. The molecule has 0 saturated carbocycles. The number of hydrogen-bond donors (Lipinski definition) is 2. The molecule has 4 nitrogen and oxygen atoms in total. The highest BCUT2D eigenvalue weighted by Gasteiger charge is 2.46. The maximum atomic E-state index is 11.3. The molecule has 1 atom stereocenters. The molecule has 0 aliphatic carbocycles. The molecular weight excluding hydrogens is 208 g/mol. The van der Waals surface area contributed by atoms with Crippen molar-refractivity contribution in [3.8, 4) is 0 Å². The van der Waals surface area contributed by atoms with Crippen LogP contribution in [0.4, 0.5) is 0 Å². The van der Waals surface area contributed by atoms with Crippen molar-refractivity contribution in [2.75, 3.05) is 0 Å². The number of carboxylic acid groups (broad SMARTS) is 2. The van der Waals surface area contributed by atoms with Crippen LogP contribution in [0.5, 0.6) is 0 Å². The zero-order valence-corrected chi connectivity index (χ0v) is 9.48. The van der Waals surface area contributed by atoms with Gasteiger partial charge in [0.15, 0.2) is 0 Å². The summed E-state index contributed by atoms with van der Waals surface area (Å²) in [6, 6.07) is 0. The van der Waals surface area contributed by atoms with Crippen LogP contribution >= 0.6 is 0 Å². The van der Waals surface area contributed by atoms with E-state index in [9.17, 15) is 14.7 Å². The molecule has 0 radical (unpaired) electrons. The SMILES string of the molecule is C=CCC(CC=C)(C(=O)O)C(CC)C(=O)O. The van der Waals surface area contributed by atoms with Gasteiger partial charge >= 0.3 is 11.9 Å². The van der Waals surface area contributed by atoms with Gasteiger partial charge in [-0.1, -0.05) is 19.1 Å². The summed E-state index contributed by atoms with van der Waals surface area (Å²) in [5.41, 5.74) is -1.33. The van der Waals surface area contributed by atoms with E-state index >= 15 is 0 Å². The maximum Gasteiger partial charge on any atom is 0.311 e. The van der Waals surface area contributed by atoms with Gasteiger partial charge in [0.25, 0.3) is 0 Å². The Hall–Kier alpha value is -1.58. The normalized spacial score (nSPS) is 12.8. The quantitative estimate of drug-likeness (QED) is 0.623. The molecule has 0 aromatic rings. The molecular formula is C12H18O4. The van der Waals surface area contributed by atoms with Gasteiger partial charge in [0.05, 0.1) is 11.3 Å². The molecule has 0 amide bonds. The summed E-state index contributed by atoms with van der Waals surface area (Å²) in [7, 11) is 0. The number of carboxylic acids is 2. The van der Waals surface area contributed by atoms with Gasteiger partial charge in [-0.2, -0.15) is 0 Å². The van der Waals surface area contributed by atoms with E-state index in [0.717, 1.165) is 0 Å². The lowest BCUT2D eigenvalue weighted by molar-refractivity contribution is -0.162. The van der Waals surface area contributed by atoms with Gasteiger partial charge in [0.2, 0.25) is 0 Å². The fraction of sp³-hybridized carbons (Fsp3) is 0.500. The Labute approximate surface area is 95.3 Å². The molecule has 16 heavy (non-hydrogen) atoms. The second kappa shape index (κ2) is 6.10. The Balaban J connectivity index is 5.44. The molecule has 0 heterocycles. The van der Waals surface area contributed by atoms with E-state index in [2.05, 4.69) is 13.2 Å². The predicted octanol–water partition coefficient (Wildman–Crippen LogP) is 2.32. The fourth-order valence-electron chi connectivity index (χ4n) is 2.01. The zero-order valence-electron chi connectivity index (χ0n) is 9.48. The number of rotatable bonds is 8. The van der Waals surface area contributed by atoms with Gasteiger partial charge < -0.3 is 10.2 Å². The highest BCUT2D eigenvalue weighted by Crippen LogP contribution is 2.39. The summed E-state index contributed by atoms with van der Waals surface area (Å²) in [5, 5.41) is 18.4. The minimum atomic E-state index is -1.33. The Morgan fingerprint density at radius 3 is 1.88 bits per heavy atom. The molecule has 0 spiro atoms. The Morgan fingerprint density at radius 1 is 1.25 bits per heavy atom. The van der Waals surface area contributed by atoms with Crippen LogP contribution in [0.2, 0.25) is 0 Å². The van der Waals surface area contributed by atoms with E-state index in [1.807, 2.05) is 0 Å². The number of aliphatic carboxylic acids is 2. The number of allylic oxidation sites excluding steroid dienone is 2. The van der Waals surface area contributed by atoms with E-state index in [4.69, 9.17) is 5.11 Å². The van der Waals surface area contributed by atoms with Crippen molar-refractivity contribution in [3.05, 3.63) is 25.3 Å². The van der Waals surface area contributed by atoms with E-state index in [1.54, 1.807) is 6.92 Å². The van der Waals surface area contributed by atoms with Crippen LogP contribution in [-0.2, 0) is 9.59 Å². The molecule has 0 aliphatic rings. The Morgan fingerprint density at radius 2 is 1.69 bits per heavy atom. The smallest absolute Gasteiger partial charge is 0.311 e. The molecule has 0 bridgehead atoms. The lowest BCUT2D eigenvalue weighted by atomic mass is 9.69. The summed E-state index contributed by atoms with van der Waals surface area (Å²) in [6.45, 7) is 8.66. The third-order valence-electron chi connectivity index (χ3n) is 2.82. The van der Waals surface area contributed by atoms with Crippen LogP contribution in [0.15, 0.2) is 25.3 Å². The molecule has 0 aromatic heterocycles. The first-order valence-corrected chi connectivity index (χ1v) is 5.14. The van der Waals surface area contributed by atoms with Crippen LogP contribution < -0.4 is 0 Å². The van der Waals surface area contributed by atoms with Crippen molar-refractivity contribution in [1.29, 1.82) is 0 Å². The molecule has 4 heteroatoms. The average Bonchev–Trinajstić information content (AvgIpc) is 2.18. The van der Waals surface area contributed by atoms with Crippen LogP contribution in [0, 0.1) is 11.3 Å². The van der Waals surface area contributed by atoms with Gasteiger partial charge in [0, 0.05) is 0 Å². The molecule has 2 N–H and O–H groups in total. The summed E-state index contributed by atoms with van der Waals surface area (Å²) < 4.78 is 0. The molecule has 0 aromatic carbocycles. The molecule has 90 valence electrons. The first-order valence-electron chi connectivity index (χ1n) is 5.14. The lowest BCUT2D eigenvalue weighted by Gasteiger charge is -2.32. The molecule has 0 rings (SSSR count). The van der Waals surface area contributed by atoms with Crippen LogP contribution in [0.3, 0.4) is 0 Å². The Kier molecular flexibility index (Phi) is 5.50. The molecule has 0 saturated heterocycles. The van der Waals surface area contributed by atoms with Gasteiger partial charge in [0.1, 0.15) is 0 Å². The van der Waals surface area contributed by atoms with Gasteiger partial charge in [-0.15, -0.1) is 13.2 Å². The van der Waals surface area contributed by atoms with Crippen molar-refractivity contribution >= 4 is 11.9 Å². The summed E-state index contributed by atoms with van der Waals surface area (Å²) in [4.78, 5) is 22.4. The largest absolute Gasteiger partial charge is 0.481 e. The average molecular weight is 226 g/mol. The summed E-state index contributed by atoms with van der Waals surface area (Å²) in [6.07, 6.45) is 3.41. The van der Waals surface area contributed by atoms with E-state index in [-0.39, 0.29) is 19.3 Å². The van der Waals surface area contributed by atoms with Crippen molar-refractivity contribution in [1.82, 2.24) is 0 Å². The molecule has 1 unspecified atom stereocenters. The lowest BCUT2D eigenvalue weighted by Crippen LogP contribution is -2.42. The monoisotopic (exact) mass is 226 g/mol. The topological polar surface area (TPSA) is 74.6 Å². The van der Waals surface area contributed by atoms with Crippen molar-refractivity contribution < 1.29 is 19.8 Å². The highest BCUT2D eigenvalue weighted by molar-refractivity contribution is 5.83. The van der Waals surface area contributed by atoms with Gasteiger partial charge in [-0.25, -0.2) is 0 Å². The highest BCUT2D eigenvalue weighted by atomic mass is 16.4. The van der Waals surface area contributed by atoms with Crippen molar-refractivity contribution in [2.24, 2.45) is 11.3 Å². The predicted molar refractivity (Wildman–Crippen MR) is 61.1 cm³/mol. The zero-order chi connectivity index (χ0) is 12.8. The first kappa shape index (κ1) is 14.4. The summed E-state index contributed by atoms with van der Waals surface area (Å²) >= 11 is 0. The van der Waals surface area contributed by atoms with Crippen molar-refractivity contribution in [2.45, 2.75) is 26.2 Å². The van der Waals surface area contributed by atoms with Gasteiger partial charge in [-0.05, 0) is 19.3 Å². The van der Waals surface area contributed by atoms with Crippen molar-refractivity contribution in [3.63, 3.8) is 0 Å². The Bertz CT molecular complexity index is 283. The van der Waals surface area contributed by atoms with E-state index in [1.165, 1.54) is 12.2 Å². The third-order valence-corrected chi connectivity index (χ3v) is 2.82. The van der Waals surface area contributed by atoms with E-state index in [0.29, 0.717) is 0 Å². The van der Waals surface area contributed by atoms with E-state index < -0.39 is 23.3 Å².